The maximum Gasteiger partial charge on any atom is 0.0591 e. The van der Waals surface area contributed by atoms with Gasteiger partial charge in [0.2, 0.25) is 0 Å². The van der Waals surface area contributed by atoms with Crippen LogP contribution < -0.4 is 10.6 Å². The smallest absolute Gasteiger partial charge is 0.0591 e. The van der Waals surface area contributed by atoms with Crippen LogP contribution >= 0.6 is 23.5 Å². The van der Waals surface area contributed by atoms with Gasteiger partial charge in [-0.15, -0.1) is 0 Å². The second-order valence-corrected chi connectivity index (χ2v) is 8.62. The molecule has 0 radical (unpaired) electrons. The van der Waals surface area contributed by atoms with E-state index in [1.165, 1.54) is 87.5 Å². The van der Waals surface area contributed by atoms with E-state index >= 15 is 0 Å². The Hall–Kier alpha value is 0.580. The van der Waals surface area contributed by atoms with Crippen LogP contribution in [0.25, 0.3) is 0 Å². The molecule has 0 spiro atoms. The van der Waals surface area contributed by atoms with Crippen LogP contribution in [0.1, 0.15) is 107 Å². The van der Waals surface area contributed by atoms with Crippen LogP contribution in [0, 0.1) is 0 Å². The molecule has 0 unspecified atom stereocenters. The van der Waals surface area contributed by atoms with Crippen LogP contribution in [0.15, 0.2) is 0 Å². The van der Waals surface area contributed by atoms with Crippen molar-refractivity contribution in [3.05, 3.63) is 0 Å². The molecule has 4 aliphatic rings. The molecule has 0 aromatic carbocycles. The van der Waals surface area contributed by atoms with E-state index in [1.54, 1.807) is 0 Å². The van der Waals surface area contributed by atoms with Crippen molar-refractivity contribution >= 4 is 23.5 Å². The van der Waals surface area contributed by atoms with Gasteiger partial charge in [-0.1, -0.05) is 68.2 Å². The molecular formula is C26H62N2OS2. The summed E-state index contributed by atoms with van der Waals surface area (Å²) in [6, 6.07) is 0. The second kappa shape index (κ2) is 48.1. The zero-order chi connectivity index (χ0) is 24.3. The molecule has 0 aliphatic carbocycles. The Morgan fingerprint density at radius 1 is 0.419 bits per heavy atom. The fourth-order valence-electron chi connectivity index (χ4n) is 2.51. The van der Waals surface area contributed by atoms with Gasteiger partial charge in [0.05, 0.1) is 13.2 Å². The van der Waals surface area contributed by atoms with Crippen LogP contribution in [0.5, 0.6) is 0 Å². The minimum atomic E-state index is 0.889. The number of nitrogens with one attached hydrogen (secondary N) is 2. The topological polar surface area (TPSA) is 33.3 Å². The summed E-state index contributed by atoms with van der Waals surface area (Å²) in [4.78, 5) is 0. The van der Waals surface area contributed by atoms with E-state index in [1.807, 2.05) is 55.4 Å². The van der Waals surface area contributed by atoms with Crippen molar-refractivity contribution in [2.24, 2.45) is 0 Å². The minimum Gasteiger partial charge on any atom is -0.379 e. The molecule has 4 aliphatic heterocycles. The molecule has 0 aromatic rings. The summed E-state index contributed by atoms with van der Waals surface area (Å²) in [7, 11) is 0. The van der Waals surface area contributed by atoms with E-state index in [9.17, 15) is 0 Å². The normalized spacial score (nSPS) is 18.6. The molecule has 0 aromatic heterocycles. The molecule has 194 valence electrons. The highest BCUT2D eigenvalue weighted by Crippen LogP contribution is 2.15. The lowest BCUT2D eigenvalue weighted by Crippen LogP contribution is -2.30. The van der Waals surface area contributed by atoms with E-state index in [2.05, 4.69) is 34.2 Å². The number of ether oxygens (including phenoxy) is 1. The molecule has 4 heterocycles. The van der Waals surface area contributed by atoms with Crippen molar-refractivity contribution < 1.29 is 4.74 Å². The minimum absolute atomic E-state index is 0.889. The van der Waals surface area contributed by atoms with Gasteiger partial charge in [0.1, 0.15) is 0 Å². The summed E-state index contributed by atoms with van der Waals surface area (Å²) in [5.41, 5.74) is 0. The third kappa shape index (κ3) is 44.9. The molecular weight excluding hydrogens is 420 g/mol. The molecule has 0 atom stereocenters. The summed E-state index contributed by atoms with van der Waals surface area (Å²) in [5.74, 6) is 5.67. The molecule has 31 heavy (non-hydrogen) atoms. The molecule has 0 saturated carbocycles. The lowest BCUT2D eigenvalue weighted by molar-refractivity contribution is 0.109. The summed E-state index contributed by atoms with van der Waals surface area (Å²) < 4.78 is 5.01. The number of hydrogen-bond donors (Lipinski definition) is 2. The molecule has 2 N–H and O–H groups in total. The monoisotopic (exact) mass is 482 g/mol. The molecule has 4 fully saturated rings. The van der Waals surface area contributed by atoms with E-state index in [-0.39, 0.29) is 0 Å². The third-order valence-electron chi connectivity index (χ3n) is 3.96. The summed E-state index contributed by atoms with van der Waals surface area (Å²) in [6.07, 6.45) is 11.5. The molecule has 5 heteroatoms. The first-order valence-electron chi connectivity index (χ1n) is 13.6. The number of piperidine rings is 1. The van der Waals surface area contributed by atoms with Crippen molar-refractivity contribution in [1.29, 1.82) is 0 Å². The van der Waals surface area contributed by atoms with Crippen molar-refractivity contribution in [3.8, 4) is 0 Å². The maximum absolute atomic E-state index is 5.01. The highest BCUT2D eigenvalue weighted by Gasteiger charge is 1.96. The zero-order valence-electron chi connectivity index (χ0n) is 23.0. The molecule has 3 nitrogen and oxygen atoms in total. The van der Waals surface area contributed by atoms with Gasteiger partial charge in [0, 0.05) is 13.1 Å². The molecule has 0 amide bonds. The first kappa shape index (κ1) is 38.8. The SMILES string of the molecule is C1CCNCC1.C1CCSC1.C1CCSCC1.C1COCCN1.CC.CC.CC.CC. The standard InChI is InChI=1S/C5H11N.C5H10S.C4H9NO.C4H8S.4C2H6/c2*1-2-4-6-5-3-1;1-3-6-4-2-5-1;1-2-4-5-3-1;4*1-2/h6H,1-5H2;1-5H2;5H,1-4H2;1-4H2;4*1-2H3. The predicted molar refractivity (Wildman–Crippen MR) is 154 cm³/mol. The summed E-state index contributed by atoms with van der Waals surface area (Å²) >= 11 is 4.17. The van der Waals surface area contributed by atoms with Gasteiger partial charge >= 0.3 is 0 Å². The average Bonchev–Trinajstić information content (AvgIpc) is 3.53. The van der Waals surface area contributed by atoms with Crippen molar-refractivity contribution in [2.45, 2.75) is 107 Å². The van der Waals surface area contributed by atoms with Crippen molar-refractivity contribution in [1.82, 2.24) is 10.6 Å². The zero-order valence-corrected chi connectivity index (χ0v) is 24.6. The molecule has 4 saturated heterocycles. The van der Waals surface area contributed by atoms with Crippen LogP contribution in [-0.2, 0) is 4.74 Å². The average molecular weight is 483 g/mol. The van der Waals surface area contributed by atoms with Gasteiger partial charge < -0.3 is 15.4 Å². The maximum atomic E-state index is 5.01. The Morgan fingerprint density at radius 3 is 0.871 bits per heavy atom. The van der Waals surface area contributed by atoms with Crippen LogP contribution in [0.2, 0.25) is 0 Å². The fourth-order valence-corrected chi connectivity index (χ4v) is 4.56. The Bertz CT molecular complexity index is 149. The summed E-state index contributed by atoms with van der Waals surface area (Å²) in [6.45, 7) is 22.3. The number of hydrogen-bond acceptors (Lipinski definition) is 5. The Balaban J connectivity index is -0.000000142. The number of thioether (sulfide) groups is 2. The number of morpholine rings is 1. The highest BCUT2D eigenvalue weighted by molar-refractivity contribution is 7.99. The molecule has 4 rings (SSSR count). The number of rotatable bonds is 0. The van der Waals surface area contributed by atoms with E-state index in [0.717, 1.165) is 26.3 Å². The van der Waals surface area contributed by atoms with Crippen LogP contribution in [-0.4, -0.2) is 62.4 Å². The van der Waals surface area contributed by atoms with Crippen LogP contribution in [0.4, 0.5) is 0 Å². The predicted octanol–water partition coefficient (Wildman–Crippen LogP) is 7.89. The van der Waals surface area contributed by atoms with Gasteiger partial charge in [-0.2, -0.15) is 23.5 Å². The lowest BCUT2D eigenvalue weighted by Gasteiger charge is -2.10. The van der Waals surface area contributed by atoms with Crippen molar-refractivity contribution in [3.63, 3.8) is 0 Å². The Morgan fingerprint density at radius 2 is 0.742 bits per heavy atom. The van der Waals surface area contributed by atoms with E-state index in [4.69, 9.17) is 4.74 Å². The van der Waals surface area contributed by atoms with Gasteiger partial charge in [0.15, 0.2) is 0 Å². The first-order chi connectivity index (χ1) is 15.5. The Labute approximate surface area is 207 Å². The van der Waals surface area contributed by atoms with Gasteiger partial charge in [-0.3, -0.25) is 0 Å². The van der Waals surface area contributed by atoms with Crippen molar-refractivity contribution in [2.75, 3.05) is 62.4 Å². The van der Waals surface area contributed by atoms with Gasteiger partial charge in [-0.05, 0) is 74.6 Å². The highest BCUT2D eigenvalue weighted by atomic mass is 32.2. The van der Waals surface area contributed by atoms with E-state index in [0.29, 0.717) is 0 Å². The lowest BCUT2D eigenvalue weighted by atomic mass is 10.2. The second-order valence-electron chi connectivity index (χ2n) is 6.17. The molecule has 0 bridgehead atoms. The summed E-state index contributed by atoms with van der Waals surface area (Å²) in [5, 5.41) is 6.44. The quantitative estimate of drug-likeness (QED) is 0.367. The van der Waals surface area contributed by atoms with Gasteiger partial charge in [0.25, 0.3) is 0 Å². The van der Waals surface area contributed by atoms with Crippen LogP contribution in [0.3, 0.4) is 0 Å². The Kier molecular flexibility index (Phi) is 60.3. The largest absolute Gasteiger partial charge is 0.379 e. The first-order valence-corrected chi connectivity index (χ1v) is 16.0. The van der Waals surface area contributed by atoms with E-state index < -0.39 is 0 Å². The third-order valence-corrected chi connectivity index (χ3v) is 6.27. The van der Waals surface area contributed by atoms with Gasteiger partial charge in [-0.25, -0.2) is 0 Å². The fraction of sp³-hybridized carbons (Fsp3) is 1.00.